The van der Waals surface area contributed by atoms with Gasteiger partial charge < -0.3 is 14.4 Å². The number of benzene rings is 1. The Morgan fingerprint density at radius 2 is 2.14 bits per heavy atom. The van der Waals surface area contributed by atoms with E-state index < -0.39 is 17.8 Å². The van der Waals surface area contributed by atoms with Crippen molar-refractivity contribution in [3.05, 3.63) is 35.4 Å². The van der Waals surface area contributed by atoms with Crippen LogP contribution >= 0.6 is 0 Å². The molecule has 1 atom stereocenters. The van der Waals surface area contributed by atoms with E-state index >= 15 is 0 Å². The number of amides is 1. The molecular formula is C15H18F3NO3. The summed E-state index contributed by atoms with van der Waals surface area (Å²) in [7, 11) is 0. The van der Waals surface area contributed by atoms with Crippen LogP contribution in [0.25, 0.3) is 0 Å². The Bertz CT molecular complexity index is 519. The predicted molar refractivity (Wildman–Crippen MR) is 73.2 cm³/mol. The fourth-order valence-corrected chi connectivity index (χ4v) is 2.38. The molecule has 1 aromatic rings. The van der Waals surface area contributed by atoms with E-state index in [0.29, 0.717) is 13.2 Å². The van der Waals surface area contributed by atoms with E-state index in [1.165, 1.54) is 23.1 Å². The molecule has 1 fully saturated rings. The van der Waals surface area contributed by atoms with Crippen LogP contribution in [-0.4, -0.2) is 43.7 Å². The number of alkyl halides is 3. The molecule has 1 aliphatic heterocycles. The molecule has 0 bridgehead atoms. The monoisotopic (exact) mass is 317 g/mol. The summed E-state index contributed by atoms with van der Waals surface area (Å²) in [5.41, 5.74) is -0.664. The van der Waals surface area contributed by atoms with E-state index in [4.69, 9.17) is 9.47 Å². The molecular weight excluding hydrogens is 299 g/mol. The van der Waals surface area contributed by atoms with Crippen molar-refractivity contribution in [2.75, 3.05) is 32.9 Å². The molecule has 0 spiro atoms. The van der Waals surface area contributed by atoms with Crippen molar-refractivity contribution in [1.82, 2.24) is 4.90 Å². The first-order valence-corrected chi connectivity index (χ1v) is 7.06. The number of hydrogen-bond donors (Lipinski definition) is 0. The summed E-state index contributed by atoms with van der Waals surface area (Å²) in [6.45, 7) is 2.78. The highest BCUT2D eigenvalue weighted by Crippen LogP contribution is 2.36. The zero-order chi connectivity index (χ0) is 16.2. The van der Waals surface area contributed by atoms with Crippen molar-refractivity contribution in [2.45, 2.75) is 19.2 Å². The molecule has 22 heavy (non-hydrogen) atoms. The van der Waals surface area contributed by atoms with Crippen LogP contribution in [-0.2, 0) is 20.4 Å². The van der Waals surface area contributed by atoms with E-state index in [1.807, 2.05) is 0 Å². The van der Waals surface area contributed by atoms with Crippen LogP contribution in [0, 0.1) is 0 Å². The maximum Gasteiger partial charge on any atom is 0.416 e. The highest BCUT2D eigenvalue weighted by molar-refractivity contribution is 5.77. The van der Waals surface area contributed by atoms with Crippen LogP contribution < -0.4 is 0 Å². The third-order valence-electron chi connectivity index (χ3n) is 3.46. The van der Waals surface area contributed by atoms with Crippen LogP contribution in [0.1, 0.15) is 24.2 Å². The summed E-state index contributed by atoms with van der Waals surface area (Å²) >= 11 is 0. The SMILES string of the molecule is CCOCC(=O)N1CCOC(c2ccccc2C(F)(F)F)C1. The number of nitrogens with zero attached hydrogens (tertiary/aromatic N) is 1. The minimum Gasteiger partial charge on any atom is -0.372 e. The molecule has 7 heteroatoms. The molecule has 4 nitrogen and oxygen atoms in total. The number of halogens is 3. The van der Waals surface area contributed by atoms with Gasteiger partial charge in [0.15, 0.2) is 0 Å². The summed E-state index contributed by atoms with van der Waals surface area (Å²) < 4.78 is 49.7. The van der Waals surface area contributed by atoms with Gasteiger partial charge in [0.05, 0.1) is 18.7 Å². The number of hydrogen-bond acceptors (Lipinski definition) is 3. The van der Waals surface area contributed by atoms with Crippen LogP contribution in [0.4, 0.5) is 13.2 Å². The van der Waals surface area contributed by atoms with Gasteiger partial charge in [0.25, 0.3) is 0 Å². The van der Waals surface area contributed by atoms with Crippen molar-refractivity contribution in [3.8, 4) is 0 Å². The average Bonchev–Trinajstić information content (AvgIpc) is 2.52. The fourth-order valence-electron chi connectivity index (χ4n) is 2.38. The van der Waals surface area contributed by atoms with Gasteiger partial charge >= 0.3 is 6.18 Å². The highest BCUT2D eigenvalue weighted by Gasteiger charge is 2.36. The largest absolute Gasteiger partial charge is 0.416 e. The van der Waals surface area contributed by atoms with Crippen LogP contribution in [0.5, 0.6) is 0 Å². The second kappa shape index (κ2) is 7.11. The van der Waals surface area contributed by atoms with Gasteiger partial charge in [-0.3, -0.25) is 4.79 Å². The molecule has 0 saturated carbocycles. The molecule has 1 aliphatic rings. The Balaban J connectivity index is 2.15. The molecule has 1 unspecified atom stereocenters. The quantitative estimate of drug-likeness (QED) is 0.857. The summed E-state index contributed by atoms with van der Waals surface area (Å²) in [5, 5.41) is 0. The predicted octanol–water partition coefficient (Wildman–Crippen LogP) is 2.64. The minimum atomic E-state index is -4.45. The van der Waals surface area contributed by atoms with Gasteiger partial charge in [-0.1, -0.05) is 18.2 Å². The van der Waals surface area contributed by atoms with Crippen LogP contribution in [0.3, 0.4) is 0 Å². The van der Waals surface area contributed by atoms with E-state index in [1.54, 1.807) is 6.92 Å². The summed E-state index contributed by atoms with van der Waals surface area (Å²) in [4.78, 5) is 13.4. The van der Waals surface area contributed by atoms with Gasteiger partial charge in [-0.2, -0.15) is 13.2 Å². The molecule has 1 aromatic carbocycles. The van der Waals surface area contributed by atoms with Crippen molar-refractivity contribution < 1.29 is 27.4 Å². The average molecular weight is 317 g/mol. The Hall–Kier alpha value is -1.60. The Kier molecular flexibility index (Phi) is 5.42. The molecule has 0 N–H and O–H groups in total. The standard InChI is InChI=1S/C15H18F3NO3/c1-2-21-10-14(20)19-7-8-22-13(9-19)11-5-3-4-6-12(11)15(16,17)18/h3-6,13H,2,7-10H2,1H3. The third-order valence-corrected chi connectivity index (χ3v) is 3.46. The van der Waals surface area contributed by atoms with Gasteiger partial charge in [0, 0.05) is 13.2 Å². The van der Waals surface area contributed by atoms with Crippen LogP contribution in [0.2, 0.25) is 0 Å². The summed E-state index contributed by atoms with van der Waals surface area (Å²) in [6.07, 6.45) is -5.23. The lowest BCUT2D eigenvalue weighted by atomic mass is 10.0. The number of rotatable bonds is 4. The summed E-state index contributed by atoms with van der Waals surface area (Å²) in [5.74, 6) is -0.236. The molecule has 0 aromatic heterocycles. The fraction of sp³-hybridized carbons (Fsp3) is 0.533. The molecule has 0 aliphatic carbocycles. The Morgan fingerprint density at radius 1 is 1.41 bits per heavy atom. The van der Waals surface area contributed by atoms with Crippen molar-refractivity contribution in [1.29, 1.82) is 0 Å². The molecule has 1 saturated heterocycles. The number of ether oxygens (including phenoxy) is 2. The van der Waals surface area contributed by atoms with Crippen molar-refractivity contribution >= 4 is 5.91 Å². The van der Waals surface area contributed by atoms with Gasteiger partial charge in [-0.05, 0) is 18.6 Å². The number of carbonyl (C=O) groups excluding carboxylic acids is 1. The van der Waals surface area contributed by atoms with Crippen molar-refractivity contribution in [3.63, 3.8) is 0 Å². The number of carbonyl (C=O) groups is 1. The first-order valence-electron chi connectivity index (χ1n) is 7.06. The maximum absolute atomic E-state index is 13.1. The lowest BCUT2D eigenvalue weighted by Gasteiger charge is -2.34. The number of morpholine rings is 1. The first-order chi connectivity index (χ1) is 10.4. The van der Waals surface area contributed by atoms with Gasteiger partial charge in [-0.25, -0.2) is 0 Å². The lowest BCUT2D eigenvalue weighted by molar-refractivity contribution is -0.146. The van der Waals surface area contributed by atoms with Gasteiger partial charge in [-0.15, -0.1) is 0 Å². The van der Waals surface area contributed by atoms with Gasteiger partial charge in [0.1, 0.15) is 12.7 Å². The van der Waals surface area contributed by atoms with E-state index in [-0.39, 0.29) is 31.2 Å². The molecule has 1 amide bonds. The topological polar surface area (TPSA) is 38.8 Å². The second-order valence-electron chi connectivity index (χ2n) is 4.92. The molecule has 0 radical (unpaired) electrons. The normalized spacial score (nSPS) is 19.3. The first kappa shape index (κ1) is 16.8. The maximum atomic E-state index is 13.1. The third kappa shape index (κ3) is 3.98. The zero-order valence-electron chi connectivity index (χ0n) is 12.2. The Labute approximate surface area is 126 Å². The van der Waals surface area contributed by atoms with E-state index in [2.05, 4.69) is 0 Å². The lowest BCUT2D eigenvalue weighted by Crippen LogP contribution is -2.44. The van der Waals surface area contributed by atoms with Gasteiger partial charge in [0.2, 0.25) is 5.91 Å². The zero-order valence-corrected chi connectivity index (χ0v) is 12.2. The molecule has 2 rings (SSSR count). The summed E-state index contributed by atoms with van der Waals surface area (Å²) in [6, 6.07) is 5.30. The van der Waals surface area contributed by atoms with Crippen LogP contribution in [0.15, 0.2) is 24.3 Å². The Morgan fingerprint density at radius 3 is 2.82 bits per heavy atom. The smallest absolute Gasteiger partial charge is 0.372 e. The van der Waals surface area contributed by atoms with E-state index in [0.717, 1.165) is 6.07 Å². The molecule has 1 heterocycles. The second-order valence-corrected chi connectivity index (χ2v) is 4.92. The van der Waals surface area contributed by atoms with E-state index in [9.17, 15) is 18.0 Å². The highest BCUT2D eigenvalue weighted by atomic mass is 19.4. The van der Waals surface area contributed by atoms with Crippen molar-refractivity contribution in [2.24, 2.45) is 0 Å². The minimum absolute atomic E-state index is 0.0592. The molecule has 122 valence electrons.